The molecule has 1 aliphatic rings. The van der Waals surface area contributed by atoms with Crippen LogP contribution in [0.4, 0.5) is 0 Å². The number of methoxy groups -OCH3 is 1. The molecule has 30 heavy (non-hydrogen) atoms. The summed E-state index contributed by atoms with van der Waals surface area (Å²) in [7, 11) is -2.47. The van der Waals surface area contributed by atoms with Gasteiger partial charge >= 0.3 is 0 Å². The predicted octanol–water partition coefficient (Wildman–Crippen LogP) is 3.30. The molecule has 1 fully saturated rings. The first kappa shape index (κ1) is 22.3. The van der Waals surface area contributed by atoms with Crippen molar-refractivity contribution in [1.82, 2.24) is 9.62 Å². The molecule has 0 aliphatic heterocycles. The molecule has 2 aromatic carbocycles. The van der Waals surface area contributed by atoms with Crippen LogP contribution in [0.25, 0.3) is 0 Å². The predicted molar refractivity (Wildman–Crippen MR) is 117 cm³/mol. The van der Waals surface area contributed by atoms with Crippen molar-refractivity contribution in [2.45, 2.75) is 50.0 Å². The lowest BCUT2D eigenvalue weighted by Crippen LogP contribution is -2.44. The summed E-state index contributed by atoms with van der Waals surface area (Å²) in [5.41, 5.74) is 1.83. The van der Waals surface area contributed by atoms with Crippen LogP contribution >= 0.6 is 0 Å². The fourth-order valence-electron chi connectivity index (χ4n) is 3.81. The highest BCUT2D eigenvalue weighted by atomic mass is 32.2. The van der Waals surface area contributed by atoms with Gasteiger partial charge in [0.2, 0.25) is 15.9 Å². The zero-order chi connectivity index (χ0) is 21.6. The third kappa shape index (κ3) is 5.61. The van der Waals surface area contributed by atoms with E-state index in [0.29, 0.717) is 6.42 Å². The average Bonchev–Trinajstić information content (AvgIpc) is 3.24. The molecule has 1 saturated carbocycles. The van der Waals surface area contributed by atoms with Crippen molar-refractivity contribution in [2.75, 3.05) is 20.2 Å². The largest absolute Gasteiger partial charge is 0.495 e. The van der Waals surface area contributed by atoms with Crippen molar-refractivity contribution in [2.24, 2.45) is 0 Å². The van der Waals surface area contributed by atoms with Gasteiger partial charge in [0.25, 0.3) is 0 Å². The van der Waals surface area contributed by atoms with Crippen LogP contribution in [0.5, 0.6) is 5.75 Å². The summed E-state index contributed by atoms with van der Waals surface area (Å²) in [6, 6.07) is 14.9. The van der Waals surface area contributed by atoms with Gasteiger partial charge in [-0.15, -0.1) is 0 Å². The molecule has 0 saturated heterocycles. The lowest BCUT2D eigenvalue weighted by Gasteiger charge is -2.24. The summed E-state index contributed by atoms with van der Waals surface area (Å²) in [6.45, 7) is 1.84. The van der Waals surface area contributed by atoms with Crippen LogP contribution in [0.15, 0.2) is 53.4 Å². The minimum atomic E-state index is -3.92. The Labute approximate surface area is 179 Å². The Morgan fingerprint density at radius 3 is 2.50 bits per heavy atom. The van der Waals surface area contributed by atoms with E-state index in [4.69, 9.17) is 4.74 Å². The van der Waals surface area contributed by atoms with Gasteiger partial charge in [-0.05, 0) is 49.4 Å². The third-order valence-corrected chi connectivity index (χ3v) is 7.34. The Balaban J connectivity index is 1.84. The third-order valence-electron chi connectivity index (χ3n) is 5.47. The number of aryl methyl sites for hydroxylation is 1. The molecule has 0 heterocycles. The zero-order valence-electron chi connectivity index (χ0n) is 17.6. The van der Waals surface area contributed by atoms with Crippen LogP contribution < -0.4 is 10.1 Å². The molecule has 1 amide bonds. The number of nitrogens with one attached hydrogen (secondary N) is 1. The van der Waals surface area contributed by atoms with Crippen molar-refractivity contribution in [3.8, 4) is 5.75 Å². The van der Waals surface area contributed by atoms with Crippen LogP contribution in [-0.4, -0.2) is 44.9 Å². The maximum absolute atomic E-state index is 13.5. The molecule has 1 N–H and O–H groups in total. The maximum Gasteiger partial charge on any atom is 0.247 e. The van der Waals surface area contributed by atoms with E-state index in [1.54, 1.807) is 18.2 Å². The van der Waals surface area contributed by atoms with Crippen LogP contribution in [0, 0.1) is 6.92 Å². The Hall–Kier alpha value is -2.38. The van der Waals surface area contributed by atoms with Gasteiger partial charge in [-0.1, -0.05) is 49.2 Å². The molecule has 7 heteroatoms. The van der Waals surface area contributed by atoms with Gasteiger partial charge in [0, 0.05) is 12.6 Å². The normalized spacial score (nSPS) is 14.8. The van der Waals surface area contributed by atoms with Crippen molar-refractivity contribution < 1.29 is 17.9 Å². The summed E-state index contributed by atoms with van der Waals surface area (Å²) >= 11 is 0. The van der Waals surface area contributed by atoms with Gasteiger partial charge in [-0.3, -0.25) is 4.79 Å². The number of carbonyl (C=O) groups is 1. The van der Waals surface area contributed by atoms with E-state index in [1.165, 1.54) is 11.4 Å². The van der Waals surface area contributed by atoms with E-state index < -0.39 is 10.0 Å². The molecule has 0 atom stereocenters. The summed E-state index contributed by atoms with van der Waals surface area (Å²) in [5.74, 6) is 0.0201. The summed E-state index contributed by atoms with van der Waals surface area (Å²) in [6.07, 6.45) is 4.62. The van der Waals surface area contributed by atoms with E-state index >= 15 is 0 Å². The Morgan fingerprint density at radius 1 is 1.13 bits per heavy atom. The highest BCUT2D eigenvalue weighted by Gasteiger charge is 2.30. The van der Waals surface area contributed by atoms with Crippen molar-refractivity contribution >= 4 is 15.9 Å². The van der Waals surface area contributed by atoms with Gasteiger partial charge in [0.1, 0.15) is 10.6 Å². The van der Waals surface area contributed by atoms with Crippen molar-refractivity contribution in [1.29, 1.82) is 0 Å². The highest BCUT2D eigenvalue weighted by molar-refractivity contribution is 7.89. The number of ether oxygens (including phenoxy) is 1. The van der Waals surface area contributed by atoms with Crippen LogP contribution in [0.1, 0.15) is 36.8 Å². The molecule has 3 rings (SSSR count). The SMILES string of the molecule is COc1ccc(C)cc1S(=O)(=O)N(CCc1ccccc1)CC(=O)NC1CCCC1. The number of benzene rings is 2. The lowest BCUT2D eigenvalue weighted by atomic mass is 10.1. The summed E-state index contributed by atoms with van der Waals surface area (Å²) in [5, 5.41) is 2.99. The minimum Gasteiger partial charge on any atom is -0.495 e. The summed E-state index contributed by atoms with van der Waals surface area (Å²) in [4.78, 5) is 12.8. The van der Waals surface area contributed by atoms with E-state index in [0.717, 1.165) is 36.8 Å². The maximum atomic E-state index is 13.5. The molecular formula is C23H30N2O4S. The molecule has 0 bridgehead atoms. The quantitative estimate of drug-likeness (QED) is 0.662. The minimum absolute atomic E-state index is 0.0896. The van der Waals surface area contributed by atoms with Crippen LogP contribution in [0.3, 0.4) is 0 Å². The van der Waals surface area contributed by atoms with Crippen LogP contribution in [0.2, 0.25) is 0 Å². The number of hydrogen-bond donors (Lipinski definition) is 1. The molecule has 2 aromatic rings. The first-order valence-corrected chi connectivity index (χ1v) is 11.8. The molecule has 0 aromatic heterocycles. The molecule has 0 unspecified atom stereocenters. The van der Waals surface area contributed by atoms with E-state index in [-0.39, 0.29) is 35.7 Å². The number of nitrogens with zero attached hydrogens (tertiary/aromatic N) is 1. The van der Waals surface area contributed by atoms with Gasteiger partial charge in [-0.25, -0.2) is 8.42 Å². The van der Waals surface area contributed by atoms with E-state index in [1.807, 2.05) is 37.3 Å². The van der Waals surface area contributed by atoms with Gasteiger partial charge in [0.15, 0.2) is 0 Å². The second-order valence-corrected chi connectivity index (χ2v) is 9.68. The smallest absolute Gasteiger partial charge is 0.247 e. The summed E-state index contributed by atoms with van der Waals surface area (Å²) < 4.78 is 33.6. The Kier molecular flexibility index (Phi) is 7.50. The number of amides is 1. The molecule has 162 valence electrons. The van der Waals surface area contributed by atoms with Gasteiger partial charge < -0.3 is 10.1 Å². The van der Waals surface area contributed by atoms with Crippen LogP contribution in [-0.2, 0) is 21.2 Å². The fraction of sp³-hybridized carbons (Fsp3) is 0.435. The first-order valence-electron chi connectivity index (χ1n) is 10.4. The number of rotatable bonds is 9. The number of sulfonamides is 1. The van der Waals surface area contributed by atoms with E-state index in [2.05, 4.69) is 5.32 Å². The van der Waals surface area contributed by atoms with Crippen molar-refractivity contribution in [3.63, 3.8) is 0 Å². The van der Waals surface area contributed by atoms with Crippen molar-refractivity contribution in [3.05, 3.63) is 59.7 Å². The zero-order valence-corrected chi connectivity index (χ0v) is 18.5. The second-order valence-electron chi connectivity index (χ2n) is 7.78. The Bertz CT molecular complexity index is 954. The molecule has 6 nitrogen and oxygen atoms in total. The Morgan fingerprint density at radius 2 is 1.83 bits per heavy atom. The second kappa shape index (κ2) is 10.1. The molecule has 1 aliphatic carbocycles. The number of hydrogen-bond acceptors (Lipinski definition) is 4. The van der Waals surface area contributed by atoms with Gasteiger partial charge in [0.05, 0.1) is 13.7 Å². The standard InChI is InChI=1S/C23H30N2O4S/c1-18-12-13-21(29-2)22(16-18)30(27,28)25(15-14-19-8-4-3-5-9-19)17-23(26)24-20-10-6-7-11-20/h3-5,8-9,12-13,16,20H,6-7,10-11,14-15,17H2,1-2H3,(H,24,26). The topological polar surface area (TPSA) is 75.7 Å². The molecule has 0 radical (unpaired) electrons. The monoisotopic (exact) mass is 430 g/mol. The number of carbonyl (C=O) groups excluding carboxylic acids is 1. The van der Waals surface area contributed by atoms with E-state index in [9.17, 15) is 13.2 Å². The average molecular weight is 431 g/mol. The lowest BCUT2D eigenvalue weighted by molar-refractivity contribution is -0.122. The molecular weight excluding hydrogens is 400 g/mol. The van der Waals surface area contributed by atoms with Gasteiger partial charge in [-0.2, -0.15) is 4.31 Å². The fourth-order valence-corrected chi connectivity index (χ4v) is 5.45. The highest BCUT2D eigenvalue weighted by Crippen LogP contribution is 2.28. The molecule has 0 spiro atoms. The first-order chi connectivity index (χ1) is 14.4.